The summed E-state index contributed by atoms with van der Waals surface area (Å²) >= 11 is 1.34. The average Bonchev–Trinajstić information content (AvgIpc) is 2.96. The fourth-order valence-electron chi connectivity index (χ4n) is 1.90. The summed E-state index contributed by atoms with van der Waals surface area (Å²) < 4.78 is 9.99. The van der Waals surface area contributed by atoms with Crippen molar-refractivity contribution in [3.63, 3.8) is 0 Å². The van der Waals surface area contributed by atoms with E-state index in [1.165, 1.54) is 18.4 Å². The summed E-state index contributed by atoms with van der Waals surface area (Å²) in [6, 6.07) is -0.159. The number of nitrogens with one attached hydrogen (secondary N) is 1. The van der Waals surface area contributed by atoms with Crippen LogP contribution in [-0.2, 0) is 16.0 Å². The molecule has 2 amide bonds. The molecule has 24 heavy (non-hydrogen) atoms. The van der Waals surface area contributed by atoms with Gasteiger partial charge in [0.15, 0.2) is 5.69 Å². The normalized spacial score (nSPS) is 11.2. The van der Waals surface area contributed by atoms with Crippen molar-refractivity contribution in [1.82, 2.24) is 15.2 Å². The standard InChI is InChI=1S/C16H27N3O4S/c1-6-23-9-7-8-19(15(21)18-16(2,3)4)10-13-17-12(11-24-13)14(20)22-5/h11H,6-10H2,1-5H3,(H,18,21). The van der Waals surface area contributed by atoms with E-state index >= 15 is 0 Å². The van der Waals surface area contributed by atoms with Gasteiger partial charge in [0.1, 0.15) is 5.01 Å². The summed E-state index contributed by atoms with van der Waals surface area (Å²) in [5.74, 6) is -0.473. The minimum absolute atomic E-state index is 0.159. The van der Waals surface area contributed by atoms with Crippen LogP contribution in [0, 0.1) is 0 Å². The predicted molar refractivity (Wildman–Crippen MR) is 93.3 cm³/mol. The zero-order chi connectivity index (χ0) is 18.2. The maximum Gasteiger partial charge on any atom is 0.357 e. The highest BCUT2D eigenvalue weighted by molar-refractivity contribution is 7.09. The Balaban J connectivity index is 2.74. The van der Waals surface area contributed by atoms with Crippen molar-refractivity contribution in [3.8, 4) is 0 Å². The third-order valence-electron chi connectivity index (χ3n) is 2.96. The molecule has 0 bridgehead atoms. The molecule has 0 saturated carbocycles. The Morgan fingerprint density at radius 2 is 2.08 bits per heavy atom. The first-order chi connectivity index (χ1) is 11.3. The van der Waals surface area contributed by atoms with Crippen LogP contribution < -0.4 is 5.32 Å². The monoisotopic (exact) mass is 357 g/mol. The molecule has 0 unspecified atom stereocenters. The Hall–Kier alpha value is -1.67. The van der Waals surface area contributed by atoms with Gasteiger partial charge in [-0.05, 0) is 34.1 Å². The van der Waals surface area contributed by atoms with E-state index in [1.54, 1.807) is 10.3 Å². The van der Waals surface area contributed by atoms with Crippen molar-refractivity contribution in [1.29, 1.82) is 0 Å². The molecule has 1 aromatic heterocycles. The number of ether oxygens (including phenoxy) is 2. The third kappa shape index (κ3) is 7.27. The predicted octanol–water partition coefficient (Wildman–Crippen LogP) is 2.67. The third-order valence-corrected chi connectivity index (χ3v) is 3.80. The Labute approximate surface area is 147 Å². The van der Waals surface area contributed by atoms with E-state index in [1.807, 2.05) is 27.7 Å². The molecule has 136 valence electrons. The molecular weight excluding hydrogens is 330 g/mol. The number of methoxy groups -OCH3 is 1. The molecule has 0 aliphatic rings. The first-order valence-corrected chi connectivity index (χ1v) is 8.82. The van der Waals surface area contributed by atoms with Gasteiger partial charge in [-0.15, -0.1) is 11.3 Å². The number of urea groups is 1. The lowest BCUT2D eigenvalue weighted by atomic mass is 10.1. The van der Waals surface area contributed by atoms with Crippen molar-refractivity contribution in [2.75, 3.05) is 26.9 Å². The number of rotatable bonds is 8. The van der Waals surface area contributed by atoms with Crippen molar-refractivity contribution in [2.24, 2.45) is 0 Å². The molecule has 0 aliphatic carbocycles. The Bertz CT molecular complexity index is 540. The first-order valence-electron chi connectivity index (χ1n) is 7.94. The van der Waals surface area contributed by atoms with E-state index in [2.05, 4.69) is 15.0 Å². The Kier molecular flexibility index (Phi) is 8.14. The van der Waals surface area contributed by atoms with Gasteiger partial charge in [0, 0.05) is 30.7 Å². The molecule has 7 nitrogen and oxygen atoms in total. The number of thiazole rings is 1. The minimum Gasteiger partial charge on any atom is -0.464 e. The van der Waals surface area contributed by atoms with Gasteiger partial charge < -0.3 is 19.7 Å². The fraction of sp³-hybridized carbons (Fsp3) is 0.688. The first kappa shape index (κ1) is 20.4. The highest BCUT2D eigenvalue weighted by Gasteiger charge is 2.21. The van der Waals surface area contributed by atoms with E-state index in [0.717, 1.165) is 6.42 Å². The van der Waals surface area contributed by atoms with Gasteiger partial charge in [-0.25, -0.2) is 14.6 Å². The van der Waals surface area contributed by atoms with Gasteiger partial charge in [-0.3, -0.25) is 0 Å². The van der Waals surface area contributed by atoms with Crippen molar-refractivity contribution in [3.05, 3.63) is 16.1 Å². The molecular formula is C16H27N3O4S. The number of aromatic nitrogens is 1. The molecule has 0 saturated heterocycles. The molecule has 0 fully saturated rings. The molecule has 1 aromatic rings. The maximum absolute atomic E-state index is 12.5. The summed E-state index contributed by atoms with van der Waals surface area (Å²) in [5, 5.41) is 5.28. The van der Waals surface area contributed by atoms with E-state index in [-0.39, 0.29) is 17.3 Å². The highest BCUT2D eigenvalue weighted by Crippen LogP contribution is 2.14. The summed E-state index contributed by atoms with van der Waals surface area (Å²) in [7, 11) is 1.32. The van der Waals surface area contributed by atoms with Crippen LogP contribution in [0.4, 0.5) is 4.79 Å². The van der Waals surface area contributed by atoms with E-state index < -0.39 is 5.97 Å². The van der Waals surface area contributed by atoms with Crippen LogP contribution in [0.5, 0.6) is 0 Å². The van der Waals surface area contributed by atoms with Crippen LogP contribution in [0.3, 0.4) is 0 Å². The van der Waals surface area contributed by atoms with Crippen LogP contribution in [0.2, 0.25) is 0 Å². The highest BCUT2D eigenvalue weighted by atomic mass is 32.1. The van der Waals surface area contributed by atoms with Gasteiger partial charge in [0.05, 0.1) is 13.7 Å². The number of nitrogens with zero attached hydrogens (tertiary/aromatic N) is 2. The van der Waals surface area contributed by atoms with Crippen molar-refractivity contribution < 1.29 is 19.1 Å². The second kappa shape index (κ2) is 9.58. The van der Waals surface area contributed by atoms with Crippen LogP contribution >= 0.6 is 11.3 Å². The number of hydrogen-bond acceptors (Lipinski definition) is 6. The van der Waals surface area contributed by atoms with E-state index in [0.29, 0.717) is 31.3 Å². The lowest BCUT2D eigenvalue weighted by Gasteiger charge is -2.28. The van der Waals surface area contributed by atoms with E-state index in [4.69, 9.17) is 4.74 Å². The second-order valence-corrected chi connectivity index (χ2v) is 7.21. The number of esters is 1. The number of hydrogen-bond donors (Lipinski definition) is 1. The second-order valence-electron chi connectivity index (χ2n) is 6.27. The van der Waals surface area contributed by atoms with Crippen LogP contribution in [-0.4, -0.2) is 54.3 Å². The van der Waals surface area contributed by atoms with Gasteiger partial charge in [-0.2, -0.15) is 0 Å². The summed E-state index contributed by atoms with van der Waals surface area (Å²) in [6.45, 7) is 9.88. The zero-order valence-corrected chi connectivity index (χ0v) is 15.9. The van der Waals surface area contributed by atoms with Crippen LogP contribution in [0.25, 0.3) is 0 Å². The Morgan fingerprint density at radius 1 is 1.38 bits per heavy atom. The van der Waals surface area contributed by atoms with E-state index in [9.17, 15) is 9.59 Å². The average molecular weight is 357 g/mol. The van der Waals surface area contributed by atoms with Gasteiger partial charge in [-0.1, -0.05) is 0 Å². The SMILES string of the molecule is CCOCCCN(Cc1nc(C(=O)OC)cs1)C(=O)NC(C)(C)C. The smallest absolute Gasteiger partial charge is 0.357 e. The molecule has 0 radical (unpaired) electrons. The van der Waals surface area contributed by atoms with Crippen LogP contribution in [0.15, 0.2) is 5.38 Å². The van der Waals surface area contributed by atoms with Crippen LogP contribution in [0.1, 0.15) is 49.6 Å². The molecule has 0 atom stereocenters. The minimum atomic E-state index is -0.473. The summed E-state index contributed by atoms with van der Waals surface area (Å²) in [5.41, 5.74) is -0.0574. The summed E-state index contributed by atoms with van der Waals surface area (Å²) in [6.07, 6.45) is 0.737. The maximum atomic E-state index is 12.5. The number of amides is 2. The Morgan fingerprint density at radius 3 is 2.67 bits per heavy atom. The molecule has 0 aromatic carbocycles. The molecule has 0 spiro atoms. The van der Waals surface area contributed by atoms with Gasteiger partial charge >= 0.3 is 12.0 Å². The topological polar surface area (TPSA) is 80.8 Å². The number of carbonyl (C=O) groups excluding carboxylic acids is 2. The molecule has 1 rings (SSSR count). The molecule has 1 heterocycles. The van der Waals surface area contributed by atoms with Crippen molar-refractivity contribution >= 4 is 23.3 Å². The zero-order valence-electron chi connectivity index (χ0n) is 15.0. The lowest BCUT2D eigenvalue weighted by molar-refractivity contribution is 0.0594. The molecule has 1 N–H and O–H groups in total. The largest absolute Gasteiger partial charge is 0.464 e. The quantitative estimate of drug-likeness (QED) is 0.571. The fourth-order valence-corrected chi connectivity index (χ4v) is 2.68. The van der Waals surface area contributed by atoms with Gasteiger partial charge in [0.25, 0.3) is 0 Å². The lowest BCUT2D eigenvalue weighted by Crippen LogP contribution is -2.48. The summed E-state index contributed by atoms with van der Waals surface area (Å²) in [4.78, 5) is 29.9. The molecule has 8 heteroatoms. The molecule has 0 aliphatic heterocycles. The van der Waals surface area contributed by atoms with Crippen molar-refractivity contribution in [2.45, 2.75) is 46.2 Å². The van der Waals surface area contributed by atoms with Gasteiger partial charge in [0.2, 0.25) is 0 Å². The number of carbonyl (C=O) groups is 2.